The van der Waals surface area contributed by atoms with Gasteiger partial charge in [0, 0.05) is 42.0 Å². The van der Waals surface area contributed by atoms with Gasteiger partial charge in [-0.25, -0.2) is 5.48 Å². The predicted molar refractivity (Wildman–Crippen MR) is 163 cm³/mol. The van der Waals surface area contributed by atoms with Crippen molar-refractivity contribution in [1.82, 2.24) is 10.8 Å². The zero-order valence-electron chi connectivity index (χ0n) is 24.4. The van der Waals surface area contributed by atoms with Crippen LogP contribution in [0.3, 0.4) is 0 Å². The lowest BCUT2D eigenvalue weighted by Crippen LogP contribution is -2.31. The number of hydrogen-bond acceptors (Lipinski definition) is 8. The van der Waals surface area contributed by atoms with Crippen molar-refractivity contribution >= 4 is 23.6 Å². The van der Waals surface area contributed by atoms with E-state index in [9.17, 15) is 14.7 Å². The van der Waals surface area contributed by atoms with Gasteiger partial charge in [0.2, 0.25) is 11.8 Å². The predicted octanol–water partition coefficient (Wildman–Crippen LogP) is 5.60. The smallest absolute Gasteiger partial charge is 0.243 e. The molecule has 2 amide bonds. The summed E-state index contributed by atoms with van der Waals surface area (Å²) in [6.45, 7) is 0.407. The summed E-state index contributed by atoms with van der Waals surface area (Å²) in [5, 5.41) is 20.9. The number of amides is 2. The van der Waals surface area contributed by atoms with Gasteiger partial charge >= 0.3 is 0 Å². The van der Waals surface area contributed by atoms with Gasteiger partial charge in [-0.3, -0.25) is 14.8 Å². The highest BCUT2D eigenvalue weighted by molar-refractivity contribution is 7.99. The van der Waals surface area contributed by atoms with Crippen LogP contribution in [0.5, 0.6) is 5.75 Å². The maximum Gasteiger partial charge on any atom is 0.243 e. The summed E-state index contributed by atoms with van der Waals surface area (Å²) in [5.74, 6) is 1.11. The summed E-state index contributed by atoms with van der Waals surface area (Å²) >= 11 is 1.69. The van der Waals surface area contributed by atoms with Gasteiger partial charge in [-0.2, -0.15) is 0 Å². The van der Waals surface area contributed by atoms with E-state index in [0.717, 1.165) is 45.1 Å². The number of aliphatic hydroxyl groups excluding tert-OH is 1. The van der Waals surface area contributed by atoms with E-state index >= 15 is 0 Å². The maximum absolute atomic E-state index is 12.2. The highest BCUT2D eigenvalue weighted by Gasteiger charge is 2.32. The van der Waals surface area contributed by atoms with Crippen molar-refractivity contribution in [2.45, 2.75) is 75.1 Å². The highest BCUT2D eigenvalue weighted by Crippen LogP contribution is 2.40. The molecule has 230 valence electrons. The van der Waals surface area contributed by atoms with E-state index in [2.05, 4.69) is 5.32 Å². The number of hydroxylamine groups is 1. The van der Waals surface area contributed by atoms with Crippen LogP contribution in [0.1, 0.15) is 73.2 Å². The van der Waals surface area contributed by atoms with Crippen molar-refractivity contribution < 1.29 is 34.1 Å². The van der Waals surface area contributed by atoms with Crippen molar-refractivity contribution in [3.63, 3.8) is 0 Å². The molecule has 43 heavy (non-hydrogen) atoms. The van der Waals surface area contributed by atoms with Gasteiger partial charge in [0.1, 0.15) is 5.75 Å². The molecular formula is C33H40N2O7S. The molecule has 1 heterocycles. The number of unbranched alkanes of at least 4 members (excludes halogenated alkanes) is 2. The number of methoxy groups -OCH3 is 1. The Hall–Kier alpha value is -3.41. The van der Waals surface area contributed by atoms with E-state index in [0.29, 0.717) is 32.2 Å². The fourth-order valence-electron chi connectivity index (χ4n) is 4.83. The van der Waals surface area contributed by atoms with E-state index in [1.165, 1.54) is 0 Å². The van der Waals surface area contributed by atoms with Crippen LogP contribution in [0.15, 0.2) is 77.7 Å². The van der Waals surface area contributed by atoms with Crippen LogP contribution in [-0.2, 0) is 32.2 Å². The number of ether oxygens (including phenoxy) is 3. The molecule has 0 radical (unpaired) electrons. The molecule has 4 N–H and O–H groups in total. The standard InChI is InChI=1S/C33H40N2O7S/c1-40-28-7-5-6-8-30(28)43-22-27-19-29(25-15-13-24(21-36)14-16-25)42-33(41-27)26-17-11-23(12-18-26)20-34-31(37)9-3-2-4-10-32(38)35-39/h5-8,11-18,27,29,33,36,39H,2-4,9-10,19-22H2,1H3,(H,34,37)(H,35,38). The van der Waals surface area contributed by atoms with Crippen LogP contribution in [0.4, 0.5) is 0 Å². The number of carbonyl (C=O) groups is 2. The molecule has 0 aliphatic carbocycles. The van der Waals surface area contributed by atoms with Gasteiger partial charge in [0.15, 0.2) is 6.29 Å². The summed E-state index contributed by atoms with van der Waals surface area (Å²) in [6, 6.07) is 23.7. The first-order chi connectivity index (χ1) is 21.0. The van der Waals surface area contributed by atoms with Crippen LogP contribution in [0.25, 0.3) is 0 Å². The minimum absolute atomic E-state index is 0.00593. The Bertz CT molecular complexity index is 1300. The summed E-state index contributed by atoms with van der Waals surface area (Å²) in [4.78, 5) is 24.3. The monoisotopic (exact) mass is 608 g/mol. The second-order valence-corrected chi connectivity index (χ2v) is 11.5. The molecule has 0 saturated carbocycles. The molecule has 9 nitrogen and oxygen atoms in total. The number of aliphatic hydroxyl groups is 1. The summed E-state index contributed by atoms with van der Waals surface area (Å²) in [6.07, 6.45) is 2.56. The van der Waals surface area contributed by atoms with Crippen LogP contribution < -0.4 is 15.5 Å². The van der Waals surface area contributed by atoms with Gasteiger partial charge in [0.25, 0.3) is 0 Å². The van der Waals surface area contributed by atoms with Gasteiger partial charge in [0.05, 0.1) is 25.9 Å². The first-order valence-electron chi connectivity index (χ1n) is 14.5. The van der Waals surface area contributed by atoms with Crippen molar-refractivity contribution in [3.8, 4) is 5.75 Å². The number of nitrogens with one attached hydrogen (secondary N) is 2. The Morgan fingerprint density at radius 1 is 0.884 bits per heavy atom. The van der Waals surface area contributed by atoms with Crippen molar-refractivity contribution in [1.29, 1.82) is 0 Å². The molecule has 3 atom stereocenters. The van der Waals surface area contributed by atoms with Crippen LogP contribution in [0.2, 0.25) is 0 Å². The number of para-hydroxylation sites is 1. The average Bonchev–Trinajstić information content (AvgIpc) is 3.06. The average molecular weight is 609 g/mol. The first kappa shape index (κ1) is 32.5. The van der Waals surface area contributed by atoms with E-state index in [1.807, 2.05) is 72.8 Å². The normalized spacial score (nSPS) is 18.2. The Morgan fingerprint density at radius 3 is 2.26 bits per heavy atom. The lowest BCUT2D eigenvalue weighted by Gasteiger charge is -2.36. The zero-order chi connectivity index (χ0) is 30.4. The number of hydrogen-bond donors (Lipinski definition) is 4. The molecule has 10 heteroatoms. The third-order valence-electron chi connectivity index (χ3n) is 7.28. The minimum atomic E-state index is -0.559. The Labute approximate surface area is 256 Å². The van der Waals surface area contributed by atoms with E-state index in [4.69, 9.17) is 19.4 Å². The molecule has 1 saturated heterocycles. The lowest BCUT2D eigenvalue weighted by atomic mass is 10.0. The zero-order valence-corrected chi connectivity index (χ0v) is 25.2. The SMILES string of the molecule is COc1ccccc1SCC1CC(c2ccc(CO)cc2)OC(c2ccc(CNC(=O)CCCCCC(=O)NO)cc2)O1. The van der Waals surface area contributed by atoms with Crippen molar-refractivity contribution in [3.05, 3.63) is 95.1 Å². The fraction of sp³-hybridized carbons (Fsp3) is 0.394. The quantitative estimate of drug-likeness (QED) is 0.0761. The number of rotatable bonds is 15. The maximum atomic E-state index is 12.2. The lowest BCUT2D eigenvalue weighted by molar-refractivity contribution is -0.245. The molecular weight excluding hydrogens is 568 g/mol. The van der Waals surface area contributed by atoms with E-state index in [-0.39, 0.29) is 31.1 Å². The van der Waals surface area contributed by atoms with Crippen LogP contribution >= 0.6 is 11.8 Å². The summed E-state index contributed by atoms with van der Waals surface area (Å²) in [5.41, 5.74) is 5.36. The second-order valence-electron chi connectivity index (χ2n) is 10.4. The van der Waals surface area contributed by atoms with E-state index in [1.54, 1.807) is 24.4 Å². The summed E-state index contributed by atoms with van der Waals surface area (Å²) in [7, 11) is 1.67. The minimum Gasteiger partial charge on any atom is -0.496 e. The molecule has 4 rings (SSSR count). The Balaban J connectivity index is 1.35. The number of carbonyl (C=O) groups excluding carboxylic acids is 2. The van der Waals surface area contributed by atoms with Gasteiger partial charge < -0.3 is 24.6 Å². The molecule has 1 fully saturated rings. The topological polar surface area (TPSA) is 126 Å². The van der Waals surface area contributed by atoms with Crippen LogP contribution in [0, 0.1) is 0 Å². The third kappa shape index (κ3) is 10.1. The van der Waals surface area contributed by atoms with E-state index < -0.39 is 12.2 Å². The molecule has 0 bridgehead atoms. The molecule has 1 aliphatic heterocycles. The van der Waals surface area contributed by atoms with Gasteiger partial charge in [-0.1, -0.05) is 67.1 Å². The van der Waals surface area contributed by atoms with Crippen molar-refractivity contribution in [2.24, 2.45) is 0 Å². The Morgan fingerprint density at radius 2 is 1.56 bits per heavy atom. The number of benzene rings is 3. The van der Waals surface area contributed by atoms with Gasteiger partial charge in [-0.15, -0.1) is 11.8 Å². The largest absolute Gasteiger partial charge is 0.496 e. The van der Waals surface area contributed by atoms with Gasteiger partial charge in [-0.05, 0) is 41.7 Å². The first-order valence-corrected chi connectivity index (χ1v) is 15.5. The summed E-state index contributed by atoms with van der Waals surface area (Å²) < 4.78 is 18.4. The second kappa shape index (κ2) is 17.0. The Kier molecular flexibility index (Phi) is 12.9. The molecule has 0 spiro atoms. The molecule has 0 aromatic heterocycles. The fourth-order valence-corrected chi connectivity index (χ4v) is 5.88. The molecule has 1 aliphatic rings. The van der Waals surface area contributed by atoms with Crippen LogP contribution in [-0.4, -0.2) is 41.1 Å². The number of thioether (sulfide) groups is 1. The molecule has 3 aromatic rings. The molecule has 3 aromatic carbocycles. The third-order valence-corrected chi connectivity index (χ3v) is 8.47. The van der Waals surface area contributed by atoms with Crippen molar-refractivity contribution in [2.75, 3.05) is 12.9 Å². The molecule has 3 unspecified atom stereocenters. The highest BCUT2D eigenvalue weighted by atomic mass is 32.2.